The Labute approximate surface area is 184 Å². The average Bonchev–Trinajstić information content (AvgIpc) is 3.45. The first kappa shape index (κ1) is 20.2. The first-order chi connectivity index (χ1) is 15.1. The van der Waals surface area contributed by atoms with E-state index in [-0.39, 0.29) is 5.56 Å². The predicted molar refractivity (Wildman–Crippen MR) is 123 cm³/mol. The van der Waals surface area contributed by atoms with Crippen LogP contribution in [0, 0.1) is 5.92 Å². The Morgan fingerprint density at radius 2 is 1.90 bits per heavy atom. The van der Waals surface area contributed by atoms with E-state index in [0.717, 1.165) is 53.8 Å². The summed E-state index contributed by atoms with van der Waals surface area (Å²) in [6, 6.07) is 10.4. The van der Waals surface area contributed by atoms with Gasteiger partial charge in [-0.1, -0.05) is 12.1 Å². The summed E-state index contributed by atoms with van der Waals surface area (Å²) in [5, 5.41) is 10.7. The van der Waals surface area contributed by atoms with Crippen molar-refractivity contribution in [2.24, 2.45) is 13.0 Å². The van der Waals surface area contributed by atoms with Crippen molar-refractivity contribution in [1.29, 1.82) is 0 Å². The van der Waals surface area contributed by atoms with Gasteiger partial charge in [0.15, 0.2) is 5.82 Å². The van der Waals surface area contributed by atoms with Crippen LogP contribution in [0.4, 0.5) is 0 Å². The lowest BCUT2D eigenvalue weighted by molar-refractivity contribution is 0.168. The summed E-state index contributed by atoms with van der Waals surface area (Å²) in [5.74, 6) is 3.20. The van der Waals surface area contributed by atoms with E-state index >= 15 is 0 Å². The number of ether oxygens (including phenoxy) is 1. The minimum atomic E-state index is -0.00544. The number of nitrogens with zero attached hydrogens (tertiary/aromatic N) is 5. The third-order valence-electron chi connectivity index (χ3n) is 6.47. The molecule has 0 unspecified atom stereocenters. The number of rotatable bonds is 6. The fourth-order valence-corrected chi connectivity index (χ4v) is 5.40. The topological polar surface area (TPSA) is 64.7 Å². The van der Waals surface area contributed by atoms with E-state index in [1.807, 2.05) is 28.0 Å². The van der Waals surface area contributed by atoms with Crippen LogP contribution in [-0.4, -0.2) is 44.3 Å². The molecule has 4 heterocycles. The van der Waals surface area contributed by atoms with Gasteiger partial charge in [0.1, 0.15) is 10.4 Å². The lowest BCUT2D eigenvalue weighted by Gasteiger charge is -2.31. The normalized spacial score (nSPS) is 15.8. The fraction of sp³-hybridized carbons (Fsp3) is 0.435. The van der Waals surface area contributed by atoms with Crippen molar-refractivity contribution in [1.82, 2.24) is 24.1 Å². The molecular weight excluding hydrogens is 410 g/mol. The molecule has 1 aliphatic heterocycles. The van der Waals surface area contributed by atoms with Crippen LogP contribution in [0.5, 0.6) is 5.75 Å². The SMILES string of the molecule is COc1ccc(CCC2CCN(Cc3nnc4n(C)c(=O)c5sccc5n34)CC2)cc1. The Balaban J connectivity index is 1.23. The first-order valence-corrected chi connectivity index (χ1v) is 11.7. The van der Waals surface area contributed by atoms with Crippen LogP contribution >= 0.6 is 11.3 Å². The van der Waals surface area contributed by atoms with Gasteiger partial charge in [-0.3, -0.25) is 18.7 Å². The number of aromatic nitrogens is 4. The lowest BCUT2D eigenvalue weighted by atomic mass is 9.90. The Bertz CT molecular complexity index is 1250. The molecule has 1 aliphatic rings. The fourth-order valence-electron chi connectivity index (χ4n) is 4.55. The standard InChI is InChI=1S/C23H27N5O2S/c1-26-22(29)21-19(11-14-31-21)28-20(24-25-23(26)28)15-27-12-9-17(10-13-27)4-3-16-5-7-18(30-2)8-6-16/h5-8,11,14,17H,3-4,9-10,12-13,15H2,1-2H3. The Morgan fingerprint density at radius 3 is 2.65 bits per heavy atom. The van der Waals surface area contributed by atoms with E-state index in [1.165, 1.54) is 36.2 Å². The molecule has 8 heteroatoms. The monoisotopic (exact) mass is 437 g/mol. The first-order valence-electron chi connectivity index (χ1n) is 10.8. The second kappa shape index (κ2) is 8.43. The second-order valence-corrected chi connectivity index (χ2v) is 9.27. The molecule has 1 saturated heterocycles. The Kier molecular flexibility index (Phi) is 5.50. The van der Waals surface area contributed by atoms with E-state index in [2.05, 4.69) is 27.2 Å². The molecule has 162 valence electrons. The molecule has 0 N–H and O–H groups in total. The van der Waals surface area contributed by atoms with E-state index in [0.29, 0.717) is 5.78 Å². The largest absolute Gasteiger partial charge is 0.497 e. The maximum atomic E-state index is 12.5. The van der Waals surface area contributed by atoms with Crippen LogP contribution in [-0.2, 0) is 20.0 Å². The molecule has 1 aromatic carbocycles. The number of piperidine rings is 1. The number of hydrogen-bond acceptors (Lipinski definition) is 6. The maximum absolute atomic E-state index is 12.5. The van der Waals surface area contributed by atoms with Gasteiger partial charge in [-0.25, -0.2) is 0 Å². The number of thiophene rings is 1. The molecule has 0 aliphatic carbocycles. The highest BCUT2D eigenvalue weighted by Crippen LogP contribution is 2.25. The van der Waals surface area contributed by atoms with E-state index in [1.54, 1.807) is 18.7 Å². The van der Waals surface area contributed by atoms with Crippen LogP contribution in [0.15, 0.2) is 40.5 Å². The Morgan fingerprint density at radius 1 is 1.13 bits per heavy atom. The highest BCUT2D eigenvalue weighted by atomic mass is 32.1. The molecule has 1 fully saturated rings. The second-order valence-electron chi connectivity index (χ2n) is 8.36. The van der Waals surface area contributed by atoms with Crippen molar-refractivity contribution in [3.63, 3.8) is 0 Å². The van der Waals surface area contributed by atoms with E-state index in [4.69, 9.17) is 4.74 Å². The summed E-state index contributed by atoms with van der Waals surface area (Å²) >= 11 is 1.48. The molecule has 0 radical (unpaired) electrons. The number of hydrogen-bond donors (Lipinski definition) is 0. The summed E-state index contributed by atoms with van der Waals surface area (Å²) in [5.41, 5.74) is 2.29. The van der Waals surface area contributed by atoms with Crippen molar-refractivity contribution in [3.05, 3.63) is 57.5 Å². The molecule has 0 saturated carbocycles. The highest BCUT2D eigenvalue weighted by molar-refractivity contribution is 7.17. The lowest BCUT2D eigenvalue weighted by Crippen LogP contribution is -2.34. The molecule has 31 heavy (non-hydrogen) atoms. The molecular formula is C23H27N5O2S. The maximum Gasteiger partial charge on any atom is 0.272 e. The quantitative estimate of drug-likeness (QED) is 0.462. The molecule has 0 amide bonds. The molecule has 0 atom stereocenters. The van der Waals surface area contributed by atoms with Crippen LogP contribution in [0.25, 0.3) is 16.0 Å². The summed E-state index contributed by atoms with van der Waals surface area (Å²) in [6.45, 7) is 2.90. The van der Waals surface area contributed by atoms with Crippen molar-refractivity contribution in [3.8, 4) is 5.75 Å². The smallest absolute Gasteiger partial charge is 0.272 e. The van der Waals surface area contributed by atoms with Gasteiger partial charge < -0.3 is 4.74 Å². The summed E-state index contributed by atoms with van der Waals surface area (Å²) < 4.78 is 9.64. The molecule has 0 bridgehead atoms. The van der Waals surface area contributed by atoms with E-state index < -0.39 is 0 Å². The number of aryl methyl sites for hydroxylation is 2. The zero-order valence-corrected chi connectivity index (χ0v) is 18.8. The third kappa shape index (κ3) is 3.85. The van der Waals surface area contributed by atoms with Crippen molar-refractivity contribution >= 4 is 27.3 Å². The van der Waals surface area contributed by atoms with Crippen molar-refractivity contribution < 1.29 is 4.74 Å². The van der Waals surface area contributed by atoms with Gasteiger partial charge in [0, 0.05) is 7.05 Å². The minimum absolute atomic E-state index is 0.00544. The molecule has 0 spiro atoms. The average molecular weight is 438 g/mol. The minimum Gasteiger partial charge on any atom is -0.497 e. The van der Waals surface area contributed by atoms with Gasteiger partial charge in [-0.05, 0) is 73.8 Å². The van der Waals surface area contributed by atoms with Crippen LogP contribution in [0.3, 0.4) is 0 Å². The number of fused-ring (bicyclic) bond motifs is 3. The zero-order valence-electron chi connectivity index (χ0n) is 18.0. The van der Waals surface area contributed by atoms with Gasteiger partial charge in [-0.2, -0.15) is 0 Å². The summed E-state index contributed by atoms with van der Waals surface area (Å²) in [4.78, 5) is 15.0. The van der Waals surface area contributed by atoms with Crippen molar-refractivity contribution in [2.45, 2.75) is 32.2 Å². The van der Waals surface area contributed by atoms with Gasteiger partial charge in [-0.15, -0.1) is 21.5 Å². The molecule has 3 aromatic heterocycles. The van der Waals surface area contributed by atoms with Gasteiger partial charge in [0.25, 0.3) is 5.56 Å². The van der Waals surface area contributed by atoms with Gasteiger partial charge in [0.05, 0.1) is 19.2 Å². The van der Waals surface area contributed by atoms with Crippen LogP contribution in [0.1, 0.15) is 30.7 Å². The summed E-state index contributed by atoms with van der Waals surface area (Å²) in [6.07, 6.45) is 4.76. The molecule has 4 aromatic rings. The predicted octanol–water partition coefficient (Wildman–Crippen LogP) is 3.50. The zero-order chi connectivity index (χ0) is 21.4. The van der Waals surface area contributed by atoms with Gasteiger partial charge >= 0.3 is 0 Å². The molecule has 7 nitrogen and oxygen atoms in total. The molecule has 5 rings (SSSR count). The van der Waals surface area contributed by atoms with Crippen molar-refractivity contribution in [2.75, 3.05) is 20.2 Å². The summed E-state index contributed by atoms with van der Waals surface area (Å²) in [7, 11) is 3.47. The number of benzene rings is 1. The third-order valence-corrected chi connectivity index (χ3v) is 7.36. The highest BCUT2D eigenvalue weighted by Gasteiger charge is 2.22. The number of methoxy groups -OCH3 is 1. The Hall–Kier alpha value is -2.71. The van der Waals surface area contributed by atoms with Crippen LogP contribution in [0.2, 0.25) is 0 Å². The number of likely N-dealkylation sites (tertiary alicyclic amines) is 1. The van der Waals surface area contributed by atoms with E-state index in [9.17, 15) is 4.79 Å². The van der Waals surface area contributed by atoms with Crippen LogP contribution < -0.4 is 10.3 Å². The van der Waals surface area contributed by atoms with Gasteiger partial charge in [0.2, 0.25) is 5.78 Å².